The van der Waals surface area contributed by atoms with Crippen molar-refractivity contribution in [2.45, 2.75) is 54.4 Å². The molecule has 2 N–H and O–H groups in total. The summed E-state index contributed by atoms with van der Waals surface area (Å²) in [4.78, 5) is 36.3. The Balaban J connectivity index is 1.64. The summed E-state index contributed by atoms with van der Waals surface area (Å²) in [6.45, 7) is 13.2. The van der Waals surface area contributed by atoms with Crippen LogP contribution in [0.4, 0.5) is 5.69 Å². The highest BCUT2D eigenvalue weighted by atomic mass is 16.5. The van der Waals surface area contributed by atoms with Crippen LogP contribution in [0.15, 0.2) is 48.5 Å². The van der Waals surface area contributed by atoms with Gasteiger partial charge in [-0.1, -0.05) is 77.9 Å². The fourth-order valence-electron chi connectivity index (χ4n) is 3.54. The quantitative estimate of drug-likeness (QED) is 0.274. The first-order valence-electron chi connectivity index (χ1n) is 12.8. The van der Waals surface area contributed by atoms with Gasteiger partial charge < -0.3 is 20.1 Å². The molecule has 2 aromatic carbocycles. The number of ketones is 1. The predicted molar refractivity (Wildman–Crippen MR) is 148 cm³/mol. The van der Waals surface area contributed by atoms with Gasteiger partial charge in [0.15, 0.2) is 5.78 Å². The molecule has 2 amide bonds. The van der Waals surface area contributed by atoms with Crippen LogP contribution >= 0.6 is 0 Å². The molecule has 2 aromatic rings. The van der Waals surface area contributed by atoms with Gasteiger partial charge in [-0.2, -0.15) is 0 Å². The van der Waals surface area contributed by atoms with Gasteiger partial charge in [-0.15, -0.1) is 0 Å². The number of hydrogen-bond acceptors (Lipinski definition) is 5. The van der Waals surface area contributed by atoms with Crippen LogP contribution in [0.1, 0.15) is 64.7 Å². The minimum atomic E-state index is -0.416. The first-order chi connectivity index (χ1) is 17.3. The van der Waals surface area contributed by atoms with E-state index in [1.165, 1.54) is 0 Å². The Morgan fingerprint density at radius 2 is 1.24 bits per heavy atom. The maximum atomic E-state index is 12.4. The van der Waals surface area contributed by atoms with Gasteiger partial charge in [-0.05, 0) is 41.5 Å². The van der Waals surface area contributed by atoms with Gasteiger partial charge in [0.05, 0.1) is 13.2 Å². The Hall–Kier alpha value is -3.03. The van der Waals surface area contributed by atoms with Gasteiger partial charge in [0, 0.05) is 23.2 Å². The van der Waals surface area contributed by atoms with Crippen LogP contribution < -0.4 is 10.6 Å². The zero-order valence-corrected chi connectivity index (χ0v) is 23.1. The highest BCUT2D eigenvalue weighted by molar-refractivity contribution is 6.00. The Morgan fingerprint density at radius 1 is 0.730 bits per heavy atom. The average Bonchev–Trinajstić information content (AvgIpc) is 2.83. The molecule has 0 aliphatic heterocycles. The van der Waals surface area contributed by atoms with Crippen molar-refractivity contribution < 1.29 is 23.9 Å². The molecule has 7 heteroatoms. The largest absolute Gasteiger partial charge is 0.369 e. The van der Waals surface area contributed by atoms with Crippen LogP contribution in [-0.4, -0.2) is 50.6 Å². The lowest BCUT2D eigenvalue weighted by molar-refractivity contribution is -0.127. The molecule has 0 bridgehead atoms. The standard InChI is InChI=1S/C30H42N2O5/c1-29(2,3)16-7-17-31-26(33)20-36-18-19-37-21-27(34)32-25-14-12-23(13-15-25)22-8-10-24(11-9-22)28(35)30(4,5)6/h8-15H,7,16-21H2,1-6H3,(H,31,33)(H,32,34). The zero-order chi connectivity index (χ0) is 27.5. The average molecular weight is 511 g/mol. The van der Waals surface area contributed by atoms with E-state index in [2.05, 4.69) is 31.4 Å². The van der Waals surface area contributed by atoms with Gasteiger partial charge in [0.1, 0.15) is 13.2 Å². The Morgan fingerprint density at radius 3 is 1.76 bits per heavy atom. The van der Waals surface area contributed by atoms with Crippen molar-refractivity contribution in [1.82, 2.24) is 5.32 Å². The SMILES string of the molecule is CC(C)(C)CCCNC(=O)COCCOCC(=O)Nc1ccc(-c2ccc(C(=O)C(C)(C)C)cc2)cc1. The van der Waals surface area contributed by atoms with E-state index in [0.29, 0.717) is 17.8 Å². The third kappa shape index (κ3) is 11.7. The van der Waals surface area contributed by atoms with Crippen molar-refractivity contribution in [1.29, 1.82) is 0 Å². The number of benzene rings is 2. The second-order valence-corrected chi connectivity index (χ2v) is 11.4. The minimum absolute atomic E-state index is 0.0208. The van der Waals surface area contributed by atoms with Gasteiger partial charge >= 0.3 is 0 Å². The van der Waals surface area contributed by atoms with Crippen molar-refractivity contribution in [3.8, 4) is 11.1 Å². The molecule has 0 aliphatic carbocycles. The Kier molecular flexibility index (Phi) is 11.5. The minimum Gasteiger partial charge on any atom is -0.369 e. The van der Waals surface area contributed by atoms with Crippen LogP contribution in [-0.2, 0) is 19.1 Å². The Bertz CT molecular complexity index is 1020. The molecule has 202 valence electrons. The number of Topliss-reactive ketones (excluding diaryl/α,β-unsaturated/α-hetero) is 1. The first kappa shape index (κ1) is 30.2. The van der Waals surface area contributed by atoms with Crippen molar-refractivity contribution >= 4 is 23.3 Å². The summed E-state index contributed by atoms with van der Waals surface area (Å²) >= 11 is 0. The van der Waals surface area contributed by atoms with Crippen LogP contribution in [0.2, 0.25) is 0 Å². The van der Waals surface area contributed by atoms with Crippen molar-refractivity contribution in [3.05, 3.63) is 54.1 Å². The van der Waals surface area contributed by atoms with E-state index in [-0.39, 0.29) is 49.4 Å². The molecular formula is C30H42N2O5. The molecule has 7 nitrogen and oxygen atoms in total. The van der Waals surface area contributed by atoms with Gasteiger partial charge in [0.25, 0.3) is 0 Å². The normalized spacial score (nSPS) is 11.7. The molecule has 37 heavy (non-hydrogen) atoms. The summed E-state index contributed by atoms with van der Waals surface area (Å²) in [6, 6.07) is 15.0. The molecule has 0 atom stereocenters. The van der Waals surface area contributed by atoms with Crippen molar-refractivity contribution in [2.24, 2.45) is 10.8 Å². The van der Waals surface area contributed by atoms with E-state index in [1.54, 1.807) is 0 Å². The summed E-state index contributed by atoms with van der Waals surface area (Å²) in [6.07, 6.45) is 1.98. The third-order valence-electron chi connectivity index (χ3n) is 5.59. The first-order valence-corrected chi connectivity index (χ1v) is 12.8. The molecule has 0 heterocycles. The number of hydrogen-bond donors (Lipinski definition) is 2. The summed E-state index contributed by atoms with van der Waals surface area (Å²) in [5, 5.41) is 5.63. The van der Waals surface area contributed by atoms with Crippen molar-refractivity contribution in [3.63, 3.8) is 0 Å². The van der Waals surface area contributed by atoms with E-state index in [1.807, 2.05) is 69.3 Å². The third-order valence-corrected chi connectivity index (χ3v) is 5.59. The summed E-state index contributed by atoms with van der Waals surface area (Å²) in [5.74, 6) is -0.308. The molecule has 0 spiro atoms. The van der Waals surface area contributed by atoms with Crippen LogP contribution in [0.25, 0.3) is 11.1 Å². The van der Waals surface area contributed by atoms with Gasteiger partial charge in [0.2, 0.25) is 11.8 Å². The molecule has 0 radical (unpaired) electrons. The van der Waals surface area contributed by atoms with Crippen LogP contribution in [0, 0.1) is 10.8 Å². The molecule has 0 saturated heterocycles. The number of carbonyl (C=O) groups is 3. The number of amides is 2. The fraction of sp³-hybridized carbons (Fsp3) is 0.500. The lowest BCUT2D eigenvalue weighted by atomic mass is 9.86. The molecular weight excluding hydrogens is 468 g/mol. The van der Waals surface area contributed by atoms with Gasteiger partial charge in [-0.25, -0.2) is 0 Å². The van der Waals surface area contributed by atoms with E-state index >= 15 is 0 Å². The second kappa shape index (κ2) is 14.1. The summed E-state index contributed by atoms with van der Waals surface area (Å²) in [7, 11) is 0. The molecule has 2 rings (SSSR count). The van der Waals surface area contributed by atoms with Crippen LogP contribution in [0.5, 0.6) is 0 Å². The lowest BCUT2D eigenvalue weighted by Crippen LogP contribution is -2.29. The second-order valence-electron chi connectivity index (χ2n) is 11.4. The van der Waals surface area contributed by atoms with Crippen molar-refractivity contribution in [2.75, 3.05) is 38.3 Å². The molecule has 0 aromatic heterocycles. The van der Waals surface area contributed by atoms with Crippen LogP contribution in [0.3, 0.4) is 0 Å². The number of anilines is 1. The van der Waals surface area contributed by atoms with Gasteiger partial charge in [-0.3, -0.25) is 14.4 Å². The Labute approximate surface area is 221 Å². The lowest BCUT2D eigenvalue weighted by Gasteiger charge is -2.17. The fourth-order valence-corrected chi connectivity index (χ4v) is 3.54. The number of carbonyl (C=O) groups excluding carboxylic acids is 3. The molecule has 0 unspecified atom stereocenters. The highest BCUT2D eigenvalue weighted by Gasteiger charge is 2.22. The predicted octanol–water partition coefficient (Wildman–Crippen LogP) is 5.50. The van der Waals surface area contributed by atoms with E-state index in [0.717, 1.165) is 24.0 Å². The smallest absolute Gasteiger partial charge is 0.250 e. The zero-order valence-electron chi connectivity index (χ0n) is 23.1. The van der Waals surface area contributed by atoms with E-state index in [9.17, 15) is 14.4 Å². The topological polar surface area (TPSA) is 93.7 Å². The van der Waals surface area contributed by atoms with E-state index in [4.69, 9.17) is 9.47 Å². The molecule has 0 fully saturated rings. The molecule has 0 aliphatic rings. The maximum Gasteiger partial charge on any atom is 0.250 e. The van der Waals surface area contributed by atoms with E-state index < -0.39 is 5.41 Å². The maximum absolute atomic E-state index is 12.4. The summed E-state index contributed by atoms with van der Waals surface area (Å²) in [5.41, 5.74) is 3.18. The number of nitrogens with one attached hydrogen (secondary N) is 2. The number of ether oxygens (including phenoxy) is 2. The monoisotopic (exact) mass is 510 g/mol. The summed E-state index contributed by atoms with van der Waals surface area (Å²) < 4.78 is 10.6. The highest BCUT2D eigenvalue weighted by Crippen LogP contribution is 2.25. The molecule has 0 saturated carbocycles. The number of rotatable bonds is 13.